The lowest BCUT2D eigenvalue weighted by molar-refractivity contribution is -0.137. The van der Waals surface area contributed by atoms with Gasteiger partial charge in [-0.15, -0.1) is 0 Å². The molecular weight excluding hydrogens is 319 g/mol. The number of rotatable bonds is 3. The first-order chi connectivity index (χ1) is 11.4. The van der Waals surface area contributed by atoms with E-state index >= 15 is 0 Å². The Morgan fingerprint density at radius 3 is 2.58 bits per heavy atom. The molecule has 0 aliphatic rings. The summed E-state index contributed by atoms with van der Waals surface area (Å²) < 4.78 is 44.6. The van der Waals surface area contributed by atoms with Gasteiger partial charge in [0.1, 0.15) is 5.75 Å². The van der Waals surface area contributed by atoms with Crippen molar-refractivity contribution in [3.8, 4) is 17.0 Å². The summed E-state index contributed by atoms with van der Waals surface area (Å²) in [7, 11) is 0. The van der Waals surface area contributed by atoms with Gasteiger partial charge in [-0.2, -0.15) is 13.2 Å². The van der Waals surface area contributed by atoms with Crippen LogP contribution in [0.4, 0.5) is 13.2 Å². The molecule has 0 atom stereocenters. The first-order valence-electron chi connectivity index (χ1n) is 7.38. The zero-order chi connectivity index (χ0) is 17.3. The van der Waals surface area contributed by atoms with Gasteiger partial charge in [-0.1, -0.05) is 25.1 Å². The monoisotopic (exact) mass is 333 g/mol. The van der Waals surface area contributed by atoms with Gasteiger partial charge in [-0.3, -0.25) is 4.79 Å². The van der Waals surface area contributed by atoms with Gasteiger partial charge in [-0.05, 0) is 30.3 Å². The lowest BCUT2D eigenvalue weighted by atomic mass is 10.0. The summed E-state index contributed by atoms with van der Waals surface area (Å²) >= 11 is 0. The summed E-state index contributed by atoms with van der Waals surface area (Å²) in [4.78, 5) is 14.3. The van der Waals surface area contributed by atoms with Crippen molar-refractivity contribution in [3.05, 3.63) is 54.1 Å². The second-order valence-corrected chi connectivity index (χ2v) is 5.30. The molecule has 0 bridgehead atoms. The maximum Gasteiger partial charge on any atom is 0.417 e. The van der Waals surface area contributed by atoms with Crippen molar-refractivity contribution in [3.63, 3.8) is 0 Å². The third-order valence-electron chi connectivity index (χ3n) is 3.64. The van der Waals surface area contributed by atoms with E-state index < -0.39 is 11.7 Å². The number of ether oxygens (including phenoxy) is 1. The molecule has 0 saturated carbocycles. The average molecular weight is 333 g/mol. The molecule has 0 spiro atoms. The molecule has 0 saturated heterocycles. The van der Waals surface area contributed by atoms with Gasteiger partial charge in [0.25, 0.3) is 0 Å². The summed E-state index contributed by atoms with van der Waals surface area (Å²) in [5, 5.41) is 0.670. The predicted octanol–water partition coefficient (Wildman–Crippen LogP) is 5.17. The molecule has 0 fully saturated rings. The molecule has 0 amide bonds. The molecule has 124 valence electrons. The van der Waals surface area contributed by atoms with E-state index in [-0.39, 0.29) is 18.0 Å². The molecule has 3 nitrogen and oxygen atoms in total. The Labute approximate surface area is 136 Å². The van der Waals surface area contributed by atoms with Crippen LogP contribution in [0.1, 0.15) is 18.9 Å². The molecule has 0 aliphatic heterocycles. The van der Waals surface area contributed by atoms with E-state index in [0.29, 0.717) is 22.3 Å². The molecule has 1 N–H and O–H groups in total. The maximum atomic E-state index is 13.2. The smallest absolute Gasteiger partial charge is 0.417 e. The standard InChI is InChI=1S/C18H14F3NO2/c1-2-17(23)24-12-7-8-15-11(9-12)10-16(22-15)13-5-3-4-6-14(13)18(19,20)21/h3-10,22H,2H2,1H3. The van der Waals surface area contributed by atoms with E-state index in [9.17, 15) is 18.0 Å². The first kappa shape index (κ1) is 16.1. The molecule has 3 aromatic rings. The van der Waals surface area contributed by atoms with Crippen molar-refractivity contribution in [1.29, 1.82) is 0 Å². The molecule has 0 radical (unpaired) electrons. The minimum absolute atomic E-state index is 0.0771. The Balaban J connectivity index is 2.05. The van der Waals surface area contributed by atoms with Crippen molar-refractivity contribution in [2.24, 2.45) is 0 Å². The zero-order valence-electron chi connectivity index (χ0n) is 12.8. The molecule has 0 aliphatic carbocycles. The zero-order valence-corrected chi connectivity index (χ0v) is 12.8. The van der Waals surface area contributed by atoms with Gasteiger partial charge in [0.15, 0.2) is 0 Å². The molecule has 24 heavy (non-hydrogen) atoms. The molecular formula is C18H14F3NO2. The number of nitrogens with one attached hydrogen (secondary N) is 1. The number of halogens is 3. The highest BCUT2D eigenvalue weighted by Crippen LogP contribution is 2.37. The summed E-state index contributed by atoms with van der Waals surface area (Å²) in [6.45, 7) is 1.68. The molecule has 0 unspecified atom stereocenters. The topological polar surface area (TPSA) is 42.1 Å². The van der Waals surface area contributed by atoms with Gasteiger partial charge in [0.2, 0.25) is 0 Å². The van der Waals surface area contributed by atoms with Crippen LogP contribution in [0, 0.1) is 0 Å². The predicted molar refractivity (Wildman–Crippen MR) is 84.7 cm³/mol. The van der Waals surface area contributed by atoms with Crippen molar-refractivity contribution in [2.45, 2.75) is 19.5 Å². The van der Waals surface area contributed by atoms with Crippen LogP contribution in [0.15, 0.2) is 48.5 Å². The summed E-state index contributed by atoms with van der Waals surface area (Å²) in [6, 6.07) is 11.9. The van der Waals surface area contributed by atoms with E-state index in [1.165, 1.54) is 12.1 Å². The SMILES string of the molecule is CCC(=O)Oc1ccc2[nH]c(-c3ccccc3C(F)(F)F)cc2c1. The molecule has 1 aromatic heterocycles. The highest BCUT2D eigenvalue weighted by molar-refractivity contribution is 5.88. The largest absolute Gasteiger partial charge is 0.427 e. The highest BCUT2D eigenvalue weighted by atomic mass is 19.4. The fourth-order valence-corrected chi connectivity index (χ4v) is 2.49. The third kappa shape index (κ3) is 3.13. The number of carbonyl (C=O) groups excluding carboxylic acids is 1. The number of aromatic nitrogens is 1. The second-order valence-electron chi connectivity index (χ2n) is 5.30. The number of fused-ring (bicyclic) bond motifs is 1. The summed E-state index contributed by atoms with van der Waals surface area (Å²) in [5.41, 5.74) is 0.401. The van der Waals surface area contributed by atoms with Gasteiger partial charge in [0, 0.05) is 28.6 Å². The van der Waals surface area contributed by atoms with Crippen molar-refractivity contribution in [2.75, 3.05) is 0 Å². The Hall–Kier alpha value is -2.76. The van der Waals surface area contributed by atoms with Crippen LogP contribution < -0.4 is 4.74 Å². The number of esters is 1. The van der Waals surface area contributed by atoms with E-state index in [2.05, 4.69) is 4.98 Å². The summed E-state index contributed by atoms with van der Waals surface area (Å²) in [6.07, 6.45) is -4.19. The number of carbonyl (C=O) groups is 1. The Morgan fingerprint density at radius 1 is 1.12 bits per heavy atom. The quantitative estimate of drug-likeness (QED) is 0.531. The minimum atomic E-state index is -4.43. The van der Waals surface area contributed by atoms with Gasteiger partial charge in [-0.25, -0.2) is 0 Å². The van der Waals surface area contributed by atoms with Crippen LogP contribution in [0.3, 0.4) is 0 Å². The lowest BCUT2D eigenvalue weighted by Gasteiger charge is -2.11. The molecule has 6 heteroatoms. The fraction of sp³-hybridized carbons (Fsp3) is 0.167. The number of alkyl halides is 3. The van der Waals surface area contributed by atoms with Crippen molar-refractivity contribution in [1.82, 2.24) is 4.98 Å². The number of hydrogen-bond acceptors (Lipinski definition) is 2. The fourth-order valence-electron chi connectivity index (χ4n) is 2.49. The maximum absolute atomic E-state index is 13.2. The average Bonchev–Trinajstić information content (AvgIpc) is 2.97. The van der Waals surface area contributed by atoms with Gasteiger partial charge < -0.3 is 9.72 Å². The number of aromatic amines is 1. The number of hydrogen-bond donors (Lipinski definition) is 1. The van der Waals surface area contributed by atoms with Crippen LogP contribution in [0.5, 0.6) is 5.75 Å². The lowest BCUT2D eigenvalue weighted by Crippen LogP contribution is -2.06. The highest BCUT2D eigenvalue weighted by Gasteiger charge is 2.33. The Kier molecular flexibility index (Phi) is 4.05. The van der Waals surface area contributed by atoms with E-state index in [1.807, 2.05) is 0 Å². The number of H-pyrrole nitrogens is 1. The normalized spacial score (nSPS) is 11.7. The van der Waals surface area contributed by atoms with Crippen LogP contribution in [-0.4, -0.2) is 11.0 Å². The van der Waals surface area contributed by atoms with Crippen molar-refractivity contribution >= 4 is 16.9 Å². The Bertz CT molecular complexity index is 897. The van der Waals surface area contributed by atoms with Crippen molar-refractivity contribution < 1.29 is 22.7 Å². The van der Waals surface area contributed by atoms with Crippen LogP contribution in [0.25, 0.3) is 22.2 Å². The minimum Gasteiger partial charge on any atom is -0.427 e. The molecule has 3 rings (SSSR count). The third-order valence-corrected chi connectivity index (χ3v) is 3.64. The molecule has 2 aromatic carbocycles. The number of benzene rings is 2. The van der Waals surface area contributed by atoms with Gasteiger partial charge >= 0.3 is 12.1 Å². The van der Waals surface area contributed by atoms with Crippen LogP contribution in [0.2, 0.25) is 0 Å². The van der Waals surface area contributed by atoms with E-state index in [0.717, 1.165) is 6.07 Å². The summed E-state index contributed by atoms with van der Waals surface area (Å²) in [5.74, 6) is -0.00321. The van der Waals surface area contributed by atoms with Crippen LogP contribution in [-0.2, 0) is 11.0 Å². The van der Waals surface area contributed by atoms with Crippen LogP contribution >= 0.6 is 0 Å². The second kappa shape index (κ2) is 6.03. The Morgan fingerprint density at radius 2 is 1.88 bits per heavy atom. The van der Waals surface area contributed by atoms with E-state index in [4.69, 9.17) is 4.74 Å². The van der Waals surface area contributed by atoms with Gasteiger partial charge in [0.05, 0.1) is 5.56 Å². The molecule has 1 heterocycles. The van der Waals surface area contributed by atoms with E-state index in [1.54, 1.807) is 37.3 Å². The first-order valence-corrected chi connectivity index (χ1v) is 7.38.